The third-order valence-electron chi connectivity index (χ3n) is 2.20. The summed E-state index contributed by atoms with van der Waals surface area (Å²) >= 11 is 0. The molecule has 7 heteroatoms. The van der Waals surface area contributed by atoms with Gasteiger partial charge in [-0.05, 0) is 18.6 Å². The minimum absolute atomic E-state index is 0.105. The summed E-state index contributed by atoms with van der Waals surface area (Å²) in [6.07, 6.45) is 0.432. The van der Waals surface area contributed by atoms with Gasteiger partial charge in [0, 0.05) is 13.0 Å². The van der Waals surface area contributed by atoms with Crippen molar-refractivity contribution in [2.24, 2.45) is 5.73 Å². The zero-order valence-corrected chi connectivity index (χ0v) is 9.50. The van der Waals surface area contributed by atoms with Crippen molar-refractivity contribution in [3.63, 3.8) is 0 Å². The Hall–Kier alpha value is -2.18. The molecule has 0 aliphatic carbocycles. The van der Waals surface area contributed by atoms with Gasteiger partial charge < -0.3 is 16.8 Å². The van der Waals surface area contributed by atoms with Crippen LogP contribution < -0.4 is 16.8 Å². The smallest absolute Gasteiger partial charge is 0.254 e. The molecular weight excluding hydrogens is 244 g/mol. The first kappa shape index (κ1) is 13.9. The first-order chi connectivity index (χ1) is 8.41. The Kier molecular flexibility index (Phi) is 4.59. The zero-order chi connectivity index (χ0) is 13.7. The van der Waals surface area contributed by atoms with E-state index in [1.54, 1.807) is 0 Å². The highest BCUT2D eigenvalue weighted by molar-refractivity contribution is 5.95. The summed E-state index contributed by atoms with van der Waals surface area (Å²) in [6, 6.07) is 1.55. The van der Waals surface area contributed by atoms with Crippen LogP contribution >= 0.6 is 0 Å². The van der Waals surface area contributed by atoms with Crippen LogP contribution in [0.2, 0.25) is 0 Å². The van der Waals surface area contributed by atoms with Crippen molar-refractivity contribution in [2.45, 2.75) is 12.8 Å². The summed E-state index contributed by atoms with van der Waals surface area (Å²) in [5.74, 6) is -3.05. The van der Waals surface area contributed by atoms with Gasteiger partial charge in [-0.2, -0.15) is 0 Å². The number of amides is 2. The lowest BCUT2D eigenvalue weighted by atomic mass is 10.1. The van der Waals surface area contributed by atoms with Gasteiger partial charge in [0.2, 0.25) is 5.91 Å². The molecule has 0 heterocycles. The van der Waals surface area contributed by atoms with Crippen LogP contribution in [0.4, 0.5) is 14.5 Å². The highest BCUT2D eigenvalue weighted by Gasteiger charge is 2.15. The molecule has 2 amide bonds. The van der Waals surface area contributed by atoms with E-state index in [4.69, 9.17) is 11.5 Å². The highest BCUT2D eigenvalue weighted by Crippen LogP contribution is 2.17. The number of primary amides is 1. The van der Waals surface area contributed by atoms with E-state index in [0.717, 1.165) is 12.1 Å². The largest absolute Gasteiger partial charge is 0.396 e. The van der Waals surface area contributed by atoms with E-state index in [-0.39, 0.29) is 13.0 Å². The molecule has 0 radical (unpaired) electrons. The summed E-state index contributed by atoms with van der Waals surface area (Å²) in [6.45, 7) is 0.137. The zero-order valence-electron chi connectivity index (χ0n) is 9.50. The van der Waals surface area contributed by atoms with Crippen LogP contribution in [-0.2, 0) is 4.79 Å². The number of halogens is 2. The van der Waals surface area contributed by atoms with Crippen LogP contribution in [-0.4, -0.2) is 18.4 Å². The maximum atomic E-state index is 13.4. The Morgan fingerprint density at radius 1 is 1.28 bits per heavy atom. The summed E-state index contributed by atoms with van der Waals surface area (Å²) in [5, 5.41) is 2.34. The van der Waals surface area contributed by atoms with Crippen molar-refractivity contribution in [1.82, 2.24) is 5.32 Å². The fraction of sp³-hybridized carbons (Fsp3) is 0.273. The van der Waals surface area contributed by atoms with E-state index in [2.05, 4.69) is 5.32 Å². The first-order valence-electron chi connectivity index (χ1n) is 5.23. The number of nitrogens with one attached hydrogen (secondary N) is 1. The molecule has 0 spiro atoms. The molecule has 0 bridgehead atoms. The average molecular weight is 257 g/mol. The van der Waals surface area contributed by atoms with Gasteiger partial charge in [-0.25, -0.2) is 8.78 Å². The number of anilines is 1. The first-order valence-corrected chi connectivity index (χ1v) is 5.23. The lowest BCUT2D eigenvalue weighted by molar-refractivity contribution is -0.118. The number of benzene rings is 1. The molecule has 0 saturated carbocycles. The fourth-order valence-corrected chi connectivity index (χ4v) is 1.34. The molecule has 1 aromatic carbocycles. The SMILES string of the molecule is NC(=O)CCCNC(=O)c1cc(F)cc(N)c1F. The Bertz CT molecular complexity index is 478. The molecule has 0 aliphatic heterocycles. The van der Waals surface area contributed by atoms with Crippen LogP contribution in [0.15, 0.2) is 12.1 Å². The third kappa shape index (κ3) is 3.69. The van der Waals surface area contributed by atoms with E-state index in [9.17, 15) is 18.4 Å². The predicted molar refractivity (Wildman–Crippen MR) is 61.5 cm³/mol. The van der Waals surface area contributed by atoms with Crippen molar-refractivity contribution >= 4 is 17.5 Å². The van der Waals surface area contributed by atoms with Crippen molar-refractivity contribution < 1.29 is 18.4 Å². The van der Waals surface area contributed by atoms with Crippen molar-refractivity contribution in [2.75, 3.05) is 12.3 Å². The van der Waals surface area contributed by atoms with Gasteiger partial charge in [0.15, 0.2) is 5.82 Å². The van der Waals surface area contributed by atoms with E-state index < -0.39 is 34.7 Å². The molecule has 1 rings (SSSR count). The van der Waals surface area contributed by atoms with Crippen LogP contribution in [0.5, 0.6) is 0 Å². The normalized spacial score (nSPS) is 10.1. The molecule has 0 aromatic heterocycles. The number of hydrogen-bond donors (Lipinski definition) is 3. The van der Waals surface area contributed by atoms with Crippen molar-refractivity contribution in [3.05, 3.63) is 29.3 Å². The van der Waals surface area contributed by atoms with E-state index >= 15 is 0 Å². The van der Waals surface area contributed by atoms with Gasteiger partial charge >= 0.3 is 0 Å². The minimum Gasteiger partial charge on any atom is -0.396 e. The molecule has 0 saturated heterocycles. The predicted octanol–water partition coefficient (Wildman–Crippen LogP) is 0.542. The highest BCUT2D eigenvalue weighted by atomic mass is 19.1. The Morgan fingerprint density at radius 3 is 2.56 bits per heavy atom. The summed E-state index contributed by atoms with van der Waals surface area (Å²) in [7, 11) is 0. The molecule has 0 unspecified atom stereocenters. The number of carbonyl (C=O) groups excluding carboxylic acids is 2. The summed E-state index contributed by atoms with van der Waals surface area (Å²) < 4.78 is 26.4. The third-order valence-corrected chi connectivity index (χ3v) is 2.20. The van der Waals surface area contributed by atoms with Gasteiger partial charge in [0.05, 0.1) is 11.3 Å². The van der Waals surface area contributed by atoms with Crippen LogP contribution in [0.3, 0.4) is 0 Å². The maximum Gasteiger partial charge on any atom is 0.254 e. The monoisotopic (exact) mass is 257 g/mol. The fourth-order valence-electron chi connectivity index (χ4n) is 1.34. The summed E-state index contributed by atoms with van der Waals surface area (Å²) in [4.78, 5) is 22.0. The second kappa shape index (κ2) is 5.95. The van der Waals surface area contributed by atoms with Gasteiger partial charge in [-0.1, -0.05) is 0 Å². The topological polar surface area (TPSA) is 98.2 Å². The lowest BCUT2D eigenvalue weighted by Crippen LogP contribution is -2.26. The maximum absolute atomic E-state index is 13.4. The number of carbonyl (C=O) groups is 2. The van der Waals surface area contributed by atoms with Gasteiger partial charge in [0.1, 0.15) is 5.82 Å². The van der Waals surface area contributed by atoms with E-state index in [0.29, 0.717) is 6.42 Å². The second-order valence-corrected chi connectivity index (χ2v) is 3.68. The second-order valence-electron chi connectivity index (χ2n) is 3.68. The van der Waals surface area contributed by atoms with E-state index in [1.807, 2.05) is 0 Å². The number of hydrogen-bond acceptors (Lipinski definition) is 3. The Labute approximate surface area is 102 Å². The summed E-state index contributed by atoms with van der Waals surface area (Å²) in [5.41, 5.74) is 9.20. The van der Waals surface area contributed by atoms with Crippen LogP contribution in [0.25, 0.3) is 0 Å². The molecule has 0 fully saturated rings. The number of nitrogen functional groups attached to an aromatic ring is 1. The van der Waals surface area contributed by atoms with Gasteiger partial charge in [-0.3, -0.25) is 9.59 Å². The Balaban J connectivity index is 2.64. The molecule has 5 N–H and O–H groups in total. The molecule has 0 aliphatic rings. The lowest BCUT2D eigenvalue weighted by Gasteiger charge is -2.07. The molecule has 1 aromatic rings. The number of rotatable bonds is 5. The van der Waals surface area contributed by atoms with Crippen molar-refractivity contribution in [3.8, 4) is 0 Å². The van der Waals surface area contributed by atoms with Gasteiger partial charge in [0.25, 0.3) is 5.91 Å². The van der Waals surface area contributed by atoms with Gasteiger partial charge in [-0.15, -0.1) is 0 Å². The molecule has 98 valence electrons. The molecule has 18 heavy (non-hydrogen) atoms. The van der Waals surface area contributed by atoms with Crippen LogP contribution in [0.1, 0.15) is 23.2 Å². The Morgan fingerprint density at radius 2 is 1.94 bits per heavy atom. The van der Waals surface area contributed by atoms with Crippen LogP contribution in [0, 0.1) is 11.6 Å². The molecule has 0 atom stereocenters. The average Bonchev–Trinajstić information content (AvgIpc) is 2.28. The standard InChI is InChI=1S/C11H13F2N3O2/c12-6-4-7(10(13)8(14)5-6)11(18)16-3-1-2-9(15)17/h4-5H,1-3,14H2,(H2,15,17)(H,16,18). The number of nitrogens with two attached hydrogens (primary N) is 2. The van der Waals surface area contributed by atoms with E-state index in [1.165, 1.54) is 0 Å². The minimum atomic E-state index is -0.969. The molecule has 5 nitrogen and oxygen atoms in total. The molecular formula is C11H13F2N3O2. The quantitative estimate of drug-likeness (QED) is 0.530. The van der Waals surface area contributed by atoms with Crippen molar-refractivity contribution in [1.29, 1.82) is 0 Å².